The summed E-state index contributed by atoms with van der Waals surface area (Å²) < 4.78 is 0. The van der Waals surface area contributed by atoms with E-state index in [0.717, 1.165) is 6.08 Å². The van der Waals surface area contributed by atoms with E-state index in [1.54, 1.807) is 0 Å². The quantitative estimate of drug-likeness (QED) is 0.301. The molecule has 10 heavy (non-hydrogen) atoms. The lowest BCUT2D eigenvalue weighted by Crippen LogP contribution is -2.02. The molecule has 0 bridgehead atoms. The van der Waals surface area contributed by atoms with Crippen LogP contribution < -0.4 is 11.5 Å². The fourth-order valence-corrected chi connectivity index (χ4v) is 0.353. The predicted molar refractivity (Wildman–Crippen MR) is 36.7 cm³/mol. The van der Waals surface area contributed by atoms with E-state index >= 15 is 0 Å². The van der Waals surface area contributed by atoms with E-state index in [-0.39, 0.29) is 11.4 Å². The molecule has 0 atom stereocenters. The van der Waals surface area contributed by atoms with Gasteiger partial charge in [-0.05, 0) is 6.08 Å². The van der Waals surface area contributed by atoms with E-state index in [1.807, 2.05) is 0 Å². The van der Waals surface area contributed by atoms with Gasteiger partial charge < -0.3 is 11.5 Å². The van der Waals surface area contributed by atoms with Crippen molar-refractivity contribution in [1.82, 2.24) is 0 Å². The van der Waals surface area contributed by atoms with Gasteiger partial charge in [0, 0.05) is 11.8 Å². The minimum absolute atomic E-state index is 0.00407. The molecule has 0 rings (SSSR count). The second-order valence-electron chi connectivity index (χ2n) is 1.56. The number of hydrogen-bond acceptors (Lipinski definition) is 4. The largest absolute Gasteiger partial charge is 0.399 e. The van der Waals surface area contributed by atoms with Gasteiger partial charge in [-0.3, -0.25) is 9.59 Å². The fraction of sp³-hybridized carbons (Fsp3) is 0. The Morgan fingerprint density at radius 3 is 2.10 bits per heavy atom. The SMILES string of the molecule is N/C(C=O)=C\C(N)=C\C=O. The van der Waals surface area contributed by atoms with Gasteiger partial charge >= 0.3 is 0 Å². The van der Waals surface area contributed by atoms with Gasteiger partial charge in [0.1, 0.15) is 6.29 Å². The van der Waals surface area contributed by atoms with E-state index in [4.69, 9.17) is 11.5 Å². The molecule has 0 saturated heterocycles. The summed E-state index contributed by atoms with van der Waals surface area (Å²) in [5.74, 6) is 0. The maximum atomic E-state index is 9.88. The second kappa shape index (κ2) is 4.31. The van der Waals surface area contributed by atoms with Crippen LogP contribution in [0.2, 0.25) is 0 Å². The predicted octanol–water partition coefficient (Wildman–Crippen LogP) is -0.931. The van der Waals surface area contributed by atoms with E-state index in [2.05, 4.69) is 0 Å². The molecule has 4 N–H and O–H groups in total. The highest BCUT2D eigenvalue weighted by atomic mass is 16.1. The number of nitrogens with two attached hydrogens (primary N) is 2. The Hall–Kier alpha value is -1.58. The van der Waals surface area contributed by atoms with Crippen LogP contribution in [0.4, 0.5) is 0 Å². The average molecular weight is 140 g/mol. The number of aldehydes is 2. The Balaban J connectivity index is 4.24. The van der Waals surface area contributed by atoms with E-state index in [0.29, 0.717) is 12.6 Å². The molecule has 0 fully saturated rings. The molecule has 54 valence electrons. The van der Waals surface area contributed by atoms with Crippen molar-refractivity contribution in [1.29, 1.82) is 0 Å². The van der Waals surface area contributed by atoms with Gasteiger partial charge in [0.15, 0.2) is 6.29 Å². The third kappa shape index (κ3) is 3.43. The van der Waals surface area contributed by atoms with E-state index in [1.165, 1.54) is 6.08 Å². The van der Waals surface area contributed by atoms with E-state index < -0.39 is 0 Å². The number of carbonyl (C=O) groups is 2. The minimum Gasteiger partial charge on any atom is -0.399 e. The summed E-state index contributed by atoms with van der Waals surface area (Å²) in [6, 6.07) is 0. The molecule has 0 spiro atoms. The monoisotopic (exact) mass is 140 g/mol. The molecule has 0 heterocycles. The smallest absolute Gasteiger partial charge is 0.165 e. The summed E-state index contributed by atoms with van der Waals surface area (Å²) in [6.45, 7) is 0. The number of rotatable bonds is 3. The van der Waals surface area contributed by atoms with Crippen LogP contribution in [0.5, 0.6) is 0 Å². The normalized spacial score (nSPS) is 12.8. The molecule has 0 aliphatic carbocycles. The number of carbonyl (C=O) groups excluding carboxylic acids is 2. The summed E-state index contributed by atoms with van der Waals surface area (Å²) in [5, 5.41) is 0. The van der Waals surface area contributed by atoms with Gasteiger partial charge in [-0.25, -0.2) is 0 Å². The Labute approximate surface area is 58.2 Å². The third-order valence-electron chi connectivity index (χ3n) is 0.730. The highest BCUT2D eigenvalue weighted by molar-refractivity contribution is 5.74. The molecular formula is C6H8N2O2. The topological polar surface area (TPSA) is 86.2 Å². The van der Waals surface area contributed by atoms with Crippen molar-refractivity contribution in [3.05, 3.63) is 23.5 Å². The first-order valence-corrected chi connectivity index (χ1v) is 2.54. The Morgan fingerprint density at radius 2 is 1.70 bits per heavy atom. The van der Waals surface area contributed by atoms with Crippen molar-refractivity contribution < 1.29 is 9.59 Å². The lowest BCUT2D eigenvalue weighted by Gasteiger charge is -1.88. The second-order valence-corrected chi connectivity index (χ2v) is 1.56. The van der Waals surface area contributed by atoms with Crippen LogP contribution in [-0.2, 0) is 9.59 Å². The molecule has 0 radical (unpaired) electrons. The maximum Gasteiger partial charge on any atom is 0.165 e. The lowest BCUT2D eigenvalue weighted by molar-refractivity contribution is -0.105. The van der Waals surface area contributed by atoms with Crippen molar-refractivity contribution in [2.45, 2.75) is 0 Å². The van der Waals surface area contributed by atoms with Crippen molar-refractivity contribution in [3.8, 4) is 0 Å². The minimum atomic E-state index is -0.00407. The van der Waals surface area contributed by atoms with Crippen molar-refractivity contribution in [3.63, 3.8) is 0 Å². The first-order chi connectivity index (χ1) is 4.70. The number of hydrogen-bond donors (Lipinski definition) is 2. The van der Waals surface area contributed by atoms with Gasteiger partial charge in [-0.2, -0.15) is 0 Å². The zero-order valence-electron chi connectivity index (χ0n) is 5.28. The third-order valence-corrected chi connectivity index (χ3v) is 0.730. The van der Waals surface area contributed by atoms with Crippen molar-refractivity contribution >= 4 is 12.6 Å². The Morgan fingerprint density at radius 1 is 1.10 bits per heavy atom. The highest BCUT2D eigenvalue weighted by Gasteiger charge is 1.85. The van der Waals surface area contributed by atoms with Gasteiger partial charge in [-0.1, -0.05) is 0 Å². The fourth-order valence-electron chi connectivity index (χ4n) is 0.353. The van der Waals surface area contributed by atoms with Crippen LogP contribution >= 0.6 is 0 Å². The van der Waals surface area contributed by atoms with Crippen molar-refractivity contribution in [2.75, 3.05) is 0 Å². The first kappa shape index (κ1) is 8.42. The standard InChI is InChI=1S/C6H8N2O2/c7-5(1-2-9)3-6(8)4-10/h1-4H,7-8H2/b5-1-,6-3-. The molecule has 0 aromatic carbocycles. The molecule has 0 saturated carbocycles. The van der Waals surface area contributed by atoms with Crippen LogP contribution in [0.1, 0.15) is 0 Å². The molecule has 0 aromatic rings. The molecule has 0 aliphatic rings. The van der Waals surface area contributed by atoms with Gasteiger partial charge in [-0.15, -0.1) is 0 Å². The zero-order valence-corrected chi connectivity index (χ0v) is 5.28. The summed E-state index contributed by atoms with van der Waals surface area (Å²) >= 11 is 0. The summed E-state index contributed by atoms with van der Waals surface area (Å²) in [5.41, 5.74) is 10.4. The summed E-state index contributed by atoms with van der Waals surface area (Å²) in [4.78, 5) is 19.7. The Kier molecular flexibility index (Phi) is 3.63. The van der Waals surface area contributed by atoms with Gasteiger partial charge in [0.05, 0.1) is 5.70 Å². The molecule has 0 amide bonds. The van der Waals surface area contributed by atoms with Crippen LogP contribution in [0.15, 0.2) is 23.5 Å². The first-order valence-electron chi connectivity index (χ1n) is 2.54. The summed E-state index contributed by atoms with van der Waals surface area (Å²) in [6.07, 6.45) is 3.28. The van der Waals surface area contributed by atoms with Gasteiger partial charge in [0.2, 0.25) is 0 Å². The molecular weight excluding hydrogens is 132 g/mol. The van der Waals surface area contributed by atoms with Crippen LogP contribution in [0.3, 0.4) is 0 Å². The molecule has 4 nitrogen and oxygen atoms in total. The average Bonchev–Trinajstić information content (AvgIpc) is 1.88. The van der Waals surface area contributed by atoms with E-state index in [9.17, 15) is 9.59 Å². The zero-order chi connectivity index (χ0) is 7.98. The van der Waals surface area contributed by atoms with Gasteiger partial charge in [0.25, 0.3) is 0 Å². The molecule has 0 aromatic heterocycles. The number of allylic oxidation sites excluding steroid dienone is 3. The van der Waals surface area contributed by atoms with Crippen LogP contribution in [-0.4, -0.2) is 12.6 Å². The molecule has 4 heteroatoms. The van der Waals surface area contributed by atoms with Crippen LogP contribution in [0, 0.1) is 0 Å². The molecule has 0 unspecified atom stereocenters. The highest BCUT2D eigenvalue weighted by Crippen LogP contribution is 1.86. The van der Waals surface area contributed by atoms with Crippen molar-refractivity contribution in [2.24, 2.45) is 11.5 Å². The lowest BCUT2D eigenvalue weighted by atomic mass is 10.3. The summed E-state index contributed by atoms with van der Waals surface area (Å²) in [7, 11) is 0. The Bertz CT molecular complexity index is 194. The molecule has 0 aliphatic heterocycles. The maximum absolute atomic E-state index is 9.88. The van der Waals surface area contributed by atoms with Crippen LogP contribution in [0.25, 0.3) is 0 Å².